The number of hydrogen-bond acceptors (Lipinski definition) is 3. The Morgan fingerprint density at radius 1 is 1.15 bits per heavy atom. The normalized spacial score (nSPS) is 12.9. The third kappa shape index (κ3) is 6.04. The third-order valence-corrected chi connectivity index (χ3v) is 3.21. The predicted molar refractivity (Wildman–Crippen MR) is 84.2 cm³/mol. The Morgan fingerprint density at radius 3 is 2.50 bits per heavy atom. The maximum atomic E-state index is 5.75. The molecule has 0 fully saturated rings. The highest BCUT2D eigenvalue weighted by Gasteiger charge is 2.12. The molecular formula is C17H29NO2. The Morgan fingerprint density at radius 2 is 1.90 bits per heavy atom. The molecule has 1 atom stereocenters. The van der Waals surface area contributed by atoms with Gasteiger partial charge in [-0.15, -0.1) is 0 Å². The molecule has 0 spiro atoms. The molecule has 3 heteroatoms. The van der Waals surface area contributed by atoms with E-state index in [-0.39, 0.29) is 12.1 Å². The standard InChI is InChI=1S/C17H29NO2/c1-6-18-17(12-19-9-10-20-13(2)3)16-8-7-14(4)11-15(16)5/h7-8,11,13,17-18H,6,9-10,12H2,1-5H3. The van der Waals surface area contributed by atoms with Crippen molar-refractivity contribution in [3.05, 3.63) is 34.9 Å². The molecular weight excluding hydrogens is 250 g/mol. The van der Waals surface area contributed by atoms with Crippen LogP contribution in [0.5, 0.6) is 0 Å². The van der Waals surface area contributed by atoms with Gasteiger partial charge in [-0.3, -0.25) is 0 Å². The molecule has 1 rings (SSSR count). The lowest BCUT2D eigenvalue weighted by Gasteiger charge is -2.21. The molecule has 0 heterocycles. The summed E-state index contributed by atoms with van der Waals surface area (Å²) in [6, 6.07) is 6.84. The topological polar surface area (TPSA) is 30.5 Å². The van der Waals surface area contributed by atoms with Gasteiger partial charge in [0.1, 0.15) is 0 Å². The van der Waals surface area contributed by atoms with Crippen molar-refractivity contribution in [2.75, 3.05) is 26.4 Å². The SMILES string of the molecule is CCNC(COCCOC(C)C)c1ccc(C)cc1C. The molecule has 1 aromatic rings. The van der Waals surface area contributed by atoms with Gasteiger partial charge in [0.15, 0.2) is 0 Å². The van der Waals surface area contributed by atoms with Crippen molar-refractivity contribution in [3.63, 3.8) is 0 Å². The Bertz CT molecular complexity index is 391. The Labute approximate surface area is 123 Å². The molecule has 0 saturated carbocycles. The van der Waals surface area contributed by atoms with Crippen molar-refractivity contribution in [1.82, 2.24) is 5.32 Å². The molecule has 0 amide bonds. The van der Waals surface area contributed by atoms with E-state index < -0.39 is 0 Å². The van der Waals surface area contributed by atoms with Crippen LogP contribution in [0, 0.1) is 13.8 Å². The second kappa shape index (κ2) is 9.11. The summed E-state index contributed by atoms with van der Waals surface area (Å²) in [7, 11) is 0. The highest BCUT2D eigenvalue weighted by Crippen LogP contribution is 2.19. The van der Waals surface area contributed by atoms with Gasteiger partial charge in [0, 0.05) is 0 Å². The molecule has 0 aromatic heterocycles. The summed E-state index contributed by atoms with van der Waals surface area (Å²) in [6.45, 7) is 13.4. The first kappa shape index (κ1) is 17.2. The summed E-state index contributed by atoms with van der Waals surface area (Å²) in [5.74, 6) is 0. The average molecular weight is 279 g/mol. The summed E-state index contributed by atoms with van der Waals surface area (Å²) in [4.78, 5) is 0. The van der Waals surface area contributed by atoms with Crippen molar-refractivity contribution in [2.24, 2.45) is 0 Å². The lowest BCUT2D eigenvalue weighted by atomic mass is 9.99. The van der Waals surface area contributed by atoms with E-state index in [2.05, 4.69) is 44.3 Å². The zero-order valence-corrected chi connectivity index (χ0v) is 13.5. The molecule has 0 bridgehead atoms. The van der Waals surface area contributed by atoms with E-state index >= 15 is 0 Å². The molecule has 3 nitrogen and oxygen atoms in total. The first-order valence-electron chi connectivity index (χ1n) is 7.54. The first-order valence-corrected chi connectivity index (χ1v) is 7.54. The van der Waals surface area contributed by atoms with Crippen molar-refractivity contribution in [1.29, 1.82) is 0 Å². The second-order valence-electron chi connectivity index (χ2n) is 5.46. The highest BCUT2D eigenvalue weighted by atomic mass is 16.5. The number of rotatable bonds is 9. The summed E-state index contributed by atoms with van der Waals surface area (Å²) >= 11 is 0. The van der Waals surface area contributed by atoms with Gasteiger partial charge in [0.25, 0.3) is 0 Å². The molecule has 0 aliphatic heterocycles. The van der Waals surface area contributed by atoms with E-state index in [9.17, 15) is 0 Å². The molecule has 1 aromatic carbocycles. The van der Waals surface area contributed by atoms with Gasteiger partial charge < -0.3 is 14.8 Å². The summed E-state index contributed by atoms with van der Waals surface area (Å²) in [6.07, 6.45) is 0.266. The van der Waals surface area contributed by atoms with Crippen LogP contribution in [0.15, 0.2) is 18.2 Å². The van der Waals surface area contributed by atoms with Crippen LogP contribution in [0.1, 0.15) is 43.5 Å². The average Bonchev–Trinajstić information content (AvgIpc) is 2.37. The van der Waals surface area contributed by atoms with Crippen molar-refractivity contribution >= 4 is 0 Å². The van der Waals surface area contributed by atoms with Gasteiger partial charge in [-0.25, -0.2) is 0 Å². The highest BCUT2D eigenvalue weighted by molar-refractivity contribution is 5.32. The number of likely N-dealkylation sites (N-methyl/N-ethyl adjacent to an activating group) is 1. The van der Waals surface area contributed by atoms with E-state index in [1.165, 1.54) is 16.7 Å². The minimum absolute atomic E-state index is 0.250. The van der Waals surface area contributed by atoms with Gasteiger partial charge in [-0.2, -0.15) is 0 Å². The van der Waals surface area contributed by atoms with Crippen LogP contribution in [-0.2, 0) is 9.47 Å². The smallest absolute Gasteiger partial charge is 0.0703 e. The second-order valence-corrected chi connectivity index (χ2v) is 5.46. The van der Waals surface area contributed by atoms with Crippen LogP contribution in [0.4, 0.5) is 0 Å². The molecule has 0 aliphatic carbocycles. The van der Waals surface area contributed by atoms with Crippen LogP contribution in [0.3, 0.4) is 0 Å². The van der Waals surface area contributed by atoms with Gasteiger partial charge in [-0.05, 0) is 45.4 Å². The quantitative estimate of drug-likeness (QED) is 0.703. The van der Waals surface area contributed by atoms with Gasteiger partial charge in [-0.1, -0.05) is 30.7 Å². The van der Waals surface area contributed by atoms with Gasteiger partial charge in [0.05, 0.1) is 32.0 Å². The Kier molecular flexibility index (Phi) is 7.82. The fourth-order valence-corrected chi connectivity index (χ4v) is 2.27. The van der Waals surface area contributed by atoms with Crippen molar-refractivity contribution in [2.45, 2.75) is 46.8 Å². The molecule has 0 saturated heterocycles. The zero-order chi connectivity index (χ0) is 15.0. The van der Waals surface area contributed by atoms with E-state index in [4.69, 9.17) is 9.47 Å². The predicted octanol–water partition coefficient (Wildman–Crippen LogP) is 3.40. The monoisotopic (exact) mass is 279 g/mol. The van der Waals surface area contributed by atoms with Crippen LogP contribution in [-0.4, -0.2) is 32.5 Å². The van der Waals surface area contributed by atoms with Crippen molar-refractivity contribution < 1.29 is 9.47 Å². The number of aryl methyl sites for hydroxylation is 2. The fourth-order valence-electron chi connectivity index (χ4n) is 2.27. The largest absolute Gasteiger partial charge is 0.377 e. The summed E-state index contributed by atoms with van der Waals surface area (Å²) < 4.78 is 11.2. The lowest BCUT2D eigenvalue weighted by molar-refractivity contribution is 0.0138. The molecule has 114 valence electrons. The molecule has 1 unspecified atom stereocenters. The van der Waals surface area contributed by atoms with E-state index in [0.29, 0.717) is 19.8 Å². The van der Waals surface area contributed by atoms with Crippen molar-refractivity contribution in [3.8, 4) is 0 Å². The van der Waals surface area contributed by atoms with E-state index in [1.807, 2.05) is 13.8 Å². The zero-order valence-electron chi connectivity index (χ0n) is 13.5. The molecule has 1 N–H and O–H groups in total. The van der Waals surface area contributed by atoms with Crippen LogP contribution >= 0.6 is 0 Å². The molecule has 0 aliphatic rings. The number of ether oxygens (including phenoxy) is 2. The van der Waals surface area contributed by atoms with Gasteiger partial charge in [0.2, 0.25) is 0 Å². The van der Waals surface area contributed by atoms with E-state index in [0.717, 1.165) is 6.54 Å². The maximum Gasteiger partial charge on any atom is 0.0703 e. The molecule has 0 radical (unpaired) electrons. The first-order chi connectivity index (χ1) is 9.54. The fraction of sp³-hybridized carbons (Fsp3) is 0.647. The Balaban J connectivity index is 2.51. The molecule has 20 heavy (non-hydrogen) atoms. The third-order valence-electron chi connectivity index (χ3n) is 3.21. The van der Waals surface area contributed by atoms with E-state index in [1.54, 1.807) is 0 Å². The summed E-state index contributed by atoms with van der Waals surface area (Å²) in [5, 5.41) is 3.49. The number of benzene rings is 1. The van der Waals surface area contributed by atoms with Crippen LogP contribution in [0.2, 0.25) is 0 Å². The van der Waals surface area contributed by atoms with Crippen LogP contribution < -0.4 is 5.32 Å². The summed E-state index contributed by atoms with van der Waals surface area (Å²) in [5.41, 5.74) is 3.94. The minimum Gasteiger partial charge on any atom is -0.377 e. The number of hydrogen-bond donors (Lipinski definition) is 1. The number of nitrogens with one attached hydrogen (secondary N) is 1. The maximum absolute atomic E-state index is 5.75. The van der Waals surface area contributed by atoms with Crippen LogP contribution in [0.25, 0.3) is 0 Å². The minimum atomic E-state index is 0.250. The Hall–Kier alpha value is -0.900. The lowest BCUT2D eigenvalue weighted by Crippen LogP contribution is -2.27. The van der Waals surface area contributed by atoms with Gasteiger partial charge >= 0.3 is 0 Å².